The van der Waals surface area contributed by atoms with Gasteiger partial charge in [0.1, 0.15) is 0 Å². The Balaban J connectivity index is 2.09. The predicted molar refractivity (Wildman–Crippen MR) is 62.7 cm³/mol. The second-order valence-electron chi connectivity index (χ2n) is 3.17. The molecule has 0 radical (unpaired) electrons. The zero-order chi connectivity index (χ0) is 10.7. The third kappa shape index (κ3) is 2.84. The molecule has 1 aromatic heterocycles. The van der Waals surface area contributed by atoms with E-state index in [0.717, 1.165) is 14.9 Å². The number of benzene rings is 1. The van der Waals surface area contributed by atoms with Crippen molar-refractivity contribution in [1.29, 1.82) is 0 Å². The van der Waals surface area contributed by atoms with E-state index >= 15 is 0 Å². The maximum Gasteiger partial charge on any atom is 0.0954 e. The molecule has 5 heteroatoms. The monoisotopic (exact) mass is 284 g/mol. The molecule has 1 aromatic carbocycles. The first-order chi connectivity index (χ1) is 7.25. The largest absolute Gasteiger partial charge is 0.387 e. The maximum absolute atomic E-state index is 9.87. The quantitative estimate of drug-likeness (QED) is 0.942. The van der Waals surface area contributed by atoms with Gasteiger partial charge in [-0.15, -0.1) is 5.10 Å². The molecule has 0 aliphatic carbocycles. The van der Waals surface area contributed by atoms with Crippen LogP contribution in [-0.2, 0) is 6.42 Å². The molecule has 0 saturated heterocycles. The summed E-state index contributed by atoms with van der Waals surface area (Å²) in [7, 11) is 0. The topological polar surface area (TPSA) is 46.0 Å². The van der Waals surface area contributed by atoms with Crippen molar-refractivity contribution in [3.63, 3.8) is 0 Å². The van der Waals surface area contributed by atoms with E-state index in [-0.39, 0.29) is 0 Å². The molecule has 0 aliphatic rings. The molecule has 3 nitrogen and oxygen atoms in total. The van der Waals surface area contributed by atoms with Gasteiger partial charge in [0.15, 0.2) is 0 Å². The van der Waals surface area contributed by atoms with Crippen molar-refractivity contribution in [2.45, 2.75) is 12.5 Å². The van der Waals surface area contributed by atoms with E-state index in [0.29, 0.717) is 6.42 Å². The second-order valence-corrected chi connectivity index (χ2v) is 4.90. The lowest BCUT2D eigenvalue weighted by Gasteiger charge is -2.07. The maximum atomic E-state index is 9.87. The fourth-order valence-electron chi connectivity index (χ4n) is 1.31. The average molecular weight is 285 g/mol. The van der Waals surface area contributed by atoms with Crippen LogP contribution < -0.4 is 0 Å². The summed E-state index contributed by atoms with van der Waals surface area (Å²) in [5.41, 5.74) is 1.09. The Hall–Kier alpha value is -0.780. The Bertz CT molecular complexity index is 433. The van der Waals surface area contributed by atoms with Gasteiger partial charge in [-0.3, -0.25) is 0 Å². The molecule has 0 bridgehead atoms. The molecule has 15 heavy (non-hydrogen) atoms. The number of hydrogen-bond acceptors (Lipinski definition) is 4. The highest BCUT2D eigenvalue weighted by Gasteiger charge is 2.10. The first-order valence-electron chi connectivity index (χ1n) is 4.45. The third-order valence-electron chi connectivity index (χ3n) is 2.02. The van der Waals surface area contributed by atoms with Crippen molar-refractivity contribution in [1.82, 2.24) is 9.59 Å². The number of halogens is 1. The fraction of sp³-hybridized carbons (Fsp3) is 0.200. The third-order valence-corrected chi connectivity index (χ3v) is 3.28. The average Bonchev–Trinajstić information content (AvgIpc) is 2.70. The predicted octanol–water partition coefficient (Wildman–Crippen LogP) is 2.58. The molecule has 1 heterocycles. The van der Waals surface area contributed by atoms with Crippen LogP contribution in [0.3, 0.4) is 0 Å². The summed E-state index contributed by atoms with van der Waals surface area (Å²) in [5, 5.41) is 13.6. The lowest BCUT2D eigenvalue weighted by atomic mass is 10.1. The summed E-state index contributed by atoms with van der Waals surface area (Å²) in [6.07, 6.45) is 1.68. The fourth-order valence-corrected chi connectivity index (χ4v) is 2.24. The van der Waals surface area contributed by atoms with Crippen LogP contribution in [0.1, 0.15) is 16.5 Å². The minimum absolute atomic E-state index is 0.515. The van der Waals surface area contributed by atoms with Crippen LogP contribution in [0.2, 0.25) is 0 Å². The Morgan fingerprint density at radius 2 is 2.33 bits per heavy atom. The van der Waals surface area contributed by atoms with Crippen LogP contribution >= 0.6 is 27.5 Å². The van der Waals surface area contributed by atoms with Crippen LogP contribution in [0.25, 0.3) is 0 Å². The van der Waals surface area contributed by atoms with Gasteiger partial charge in [-0.05, 0) is 29.2 Å². The Labute approximate surface area is 100 Å². The Morgan fingerprint density at radius 3 is 3.00 bits per heavy atom. The van der Waals surface area contributed by atoms with Gasteiger partial charge in [0.2, 0.25) is 0 Å². The van der Waals surface area contributed by atoms with Gasteiger partial charge in [-0.25, -0.2) is 0 Å². The van der Waals surface area contributed by atoms with Crippen molar-refractivity contribution >= 4 is 27.5 Å². The van der Waals surface area contributed by atoms with E-state index in [9.17, 15) is 5.11 Å². The van der Waals surface area contributed by atoms with Crippen LogP contribution in [-0.4, -0.2) is 14.7 Å². The lowest BCUT2D eigenvalue weighted by molar-refractivity contribution is 0.182. The summed E-state index contributed by atoms with van der Waals surface area (Å²) in [6, 6.07) is 7.90. The Morgan fingerprint density at radius 1 is 1.47 bits per heavy atom. The van der Waals surface area contributed by atoms with E-state index in [1.807, 2.05) is 24.3 Å². The van der Waals surface area contributed by atoms with Gasteiger partial charge in [-0.2, -0.15) is 0 Å². The first-order valence-corrected chi connectivity index (χ1v) is 6.02. The number of rotatable bonds is 3. The van der Waals surface area contributed by atoms with Crippen molar-refractivity contribution in [2.24, 2.45) is 0 Å². The van der Waals surface area contributed by atoms with Gasteiger partial charge < -0.3 is 5.11 Å². The molecule has 2 rings (SSSR count). The van der Waals surface area contributed by atoms with Gasteiger partial charge >= 0.3 is 0 Å². The van der Waals surface area contributed by atoms with E-state index < -0.39 is 6.10 Å². The number of nitrogens with zero attached hydrogens (tertiary/aromatic N) is 2. The first kappa shape index (κ1) is 10.7. The van der Waals surface area contributed by atoms with Crippen LogP contribution in [0.5, 0.6) is 0 Å². The molecule has 78 valence electrons. The zero-order valence-electron chi connectivity index (χ0n) is 7.80. The highest BCUT2D eigenvalue weighted by atomic mass is 79.9. The molecule has 1 N–H and O–H groups in total. The van der Waals surface area contributed by atoms with Gasteiger partial charge in [-0.1, -0.05) is 32.6 Å². The van der Waals surface area contributed by atoms with Crippen molar-refractivity contribution in [2.75, 3.05) is 0 Å². The summed E-state index contributed by atoms with van der Waals surface area (Å²) in [4.78, 5) is 0.801. The summed E-state index contributed by atoms with van der Waals surface area (Å²) >= 11 is 4.63. The summed E-state index contributed by atoms with van der Waals surface area (Å²) in [6.45, 7) is 0. The number of aromatic nitrogens is 2. The highest BCUT2D eigenvalue weighted by Crippen LogP contribution is 2.21. The lowest BCUT2D eigenvalue weighted by Crippen LogP contribution is -1.99. The van der Waals surface area contributed by atoms with E-state index in [1.165, 1.54) is 11.5 Å². The SMILES string of the molecule is OC(Cc1cccc(Br)c1)c1cnns1. The van der Waals surface area contributed by atoms with E-state index in [4.69, 9.17) is 0 Å². The number of hydrogen-bond donors (Lipinski definition) is 1. The van der Waals surface area contributed by atoms with E-state index in [1.54, 1.807) is 6.20 Å². The minimum atomic E-state index is -0.515. The number of aliphatic hydroxyl groups excluding tert-OH is 1. The van der Waals surface area contributed by atoms with Gasteiger partial charge in [0, 0.05) is 10.9 Å². The molecule has 0 spiro atoms. The van der Waals surface area contributed by atoms with Crippen molar-refractivity contribution in [3.05, 3.63) is 45.4 Å². The van der Waals surface area contributed by atoms with Crippen LogP contribution in [0, 0.1) is 0 Å². The second kappa shape index (κ2) is 4.83. The van der Waals surface area contributed by atoms with E-state index in [2.05, 4.69) is 25.5 Å². The van der Waals surface area contributed by atoms with Crippen LogP contribution in [0.15, 0.2) is 34.9 Å². The molecule has 0 aliphatic heterocycles. The smallest absolute Gasteiger partial charge is 0.0954 e. The minimum Gasteiger partial charge on any atom is -0.387 e. The Kier molecular flexibility index (Phi) is 3.45. The molecule has 1 unspecified atom stereocenters. The van der Waals surface area contributed by atoms with Gasteiger partial charge in [0.05, 0.1) is 17.2 Å². The van der Waals surface area contributed by atoms with Crippen molar-refractivity contribution < 1.29 is 5.11 Å². The molecule has 0 fully saturated rings. The van der Waals surface area contributed by atoms with Gasteiger partial charge in [0.25, 0.3) is 0 Å². The molecule has 1 atom stereocenters. The molecular formula is C10H9BrN2OS. The summed E-state index contributed by atoms with van der Waals surface area (Å²) in [5.74, 6) is 0. The molecule has 0 amide bonds. The molecule has 0 saturated carbocycles. The van der Waals surface area contributed by atoms with Crippen molar-refractivity contribution in [3.8, 4) is 0 Å². The standard InChI is InChI=1S/C10H9BrN2OS/c11-8-3-1-2-7(4-8)5-9(14)10-6-12-13-15-10/h1-4,6,9,14H,5H2. The number of aliphatic hydroxyl groups is 1. The normalized spacial score (nSPS) is 12.7. The molecular weight excluding hydrogens is 276 g/mol. The van der Waals surface area contributed by atoms with Crippen LogP contribution in [0.4, 0.5) is 0 Å². The summed E-state index contributed by atoms with van der Waals surface area (Å²) < 4.78 is 4.75. The zero-order valence-corrected chi connectivity index (χ0v) is 10.2. The molecule has 2 aromatic rings. The highest BCUT2D eigenvalue weighted by molar-refractivity contribution is 9.10.